The molecule has 0 aliphatic rings. The quantitative estimate of drug-likeness (QED) is 0.895. The third-order valence-corrected chi connectivity index (χ3v) is 3.55. The van der Waals surface area contributed by atoms with Gasteiger partial charge in [0.15, 0.2) is 0 Å². The first-order valence-corrected chi connectivity index (χ1v) is 6.14. The second-order valence-electron chi connectivity index (χ2n) is 3.21. The largest absolute Gasteiger partial charge is 0.320 e. The maximum absolute atomic E-state index is 13.3. The highest BCUT2D eigenvalue weighted by molar-refractivity contribution is 9.10. The first-order chi connectivity index (χ1) is 7.18. The summed E-state index contributed by atoms with van der Waals surface area (Å²) in [6.45, 7) is 0. The Hall–Kier alpha value is -0.710. The zero-order valence-electron chi connectivity index (χ0n) is 7.78. The van der Waals surface area contributed by atoms with E-state index < -0.39 is 0 Å². The first-order valence-electron chi connectivity index (χ1n) is 4.41. The van der Waals surface area contributed by atoms with Crippen molar-refractivity contribution < 1.29 is 4.39 Å². The van der Waals surface area contributed by atoms with Gasteiger partial charge in [0.25, 0.3) is 0 Å². The van der Waals surface area contributed by atoms with E-state index in [4.69, 9.17) is 5.73 Å². The lowest BCUT2D eigenvalue weighted by molar-refractivity contribution is 0.617. The van der Waals surface area contributed by atoms with Gasteiger partial charge in [-0.25, -0.2) is 4.39 Å². The molecule has 4 heteroatoms. The summed E-state index contributed by atoms with van der Waals surface area (Å²) >= 11 is 4.70. The highest BCUT2D eigenvalue weighted by Crippen LogP contribution is 2.24. The van der Waals surface area contributed by atoms with Crippen LogP contribution in [0.15, 0.2) is 39.5 Å². The van der Waals surface area contributed by atoms with Gasteiger partial charge in [-0.15, -0.1) is 0 Å². The van der Waals surface area contributed by atoms with Crippen molar-refractivity contribution in [2.45, 2.75) is 6.04 Å². The molecular weight excluding hydrogens is 277 g/mol. The molecule has 1 atom stereocenters. The Morgan fingerprint density at radius 3 is 2.67 bits per heavy atom. The highest BCUT2D eigenvalue weighted by Gasteiger charge is 2.10. The van der Waals surface area contributed by atoms with Crippen molar-refractivity contribution in [2.75, 3.05) is 0 Å². The second-order valence-corrected chi connectivity index (χ2v) is 4.84. The van der Waals surface area contributed by atoms with Gasteiger partial charge in [-0.1, -0.05) is 6.07 Å². The molecule has 1 aromatic heterocycles. The molecule has 1 nitrogen and oxygen atoms in total. The molecule has 0 bridgehead atoms. The molecule has 78 valence electrons. The molecule has 1 heterocycles. The van der Waals surface area contributed by atoms with Crippen LogP contribution >= 0.6 is 27.3 Å². The maximum atomic E-state index is 13.3. The van der Waals surface area contributed by atoms with Gasteiger partial charge in [-0.2, -0.15) is 11.3 Å². The minimum atomic E-state index is -0.279. The molecule has 0 radical (unpaired) electrons. The van der Waals surface area contributed by atoms with Crippen LogP contribution in [-0.4, -0.2) is 0 Å². The van der Waals surface area contributed by atoms with Gasteiger partial charge in [-0.3, -0.25) is 0 Å². The molecule has 1 aromatic carbocycles. The number of benzene rings is 1. The summed E-state index contributed by atoms with van der Waals surface area (Å²) < 4.78 is 13.7. The Morgan fingerprint density at radius 2 is 2.07 bits per heavy atom. The summed E-state index contributed by atoms with van der Waals surface area (Å²) in [5.41, 5.74) is 7.81. The number of halogens is 2. The predicted molar refractivity (Wildman–Crippen MR) is 64.4 cm³/mol. The van der Waals surface area contributed by atoms with Gasteiger partial charge in [0.05, 0.1) is 10.5 Å². The smallest absolute Gasteiger partial charge is 0.137 e. The molecule has 0 saturated heterocycles. The van der Waals surface area contributed by atoms with Gasteiger partial charge in [0.2, 0.25) is 0 Å². The predicted octanol–water partition coefficient (Wildman–Crippen LogP) is 3.70. The summed E-state index contributed by atoms with van der Waals surface area (Å²) in [4.78, 5) is 0. The van der Waals surface area contributed by atoms with Gasteiger partial charge < -0.3 is 5.73 Å². The third-order valence-electron chi connectivity index (χ3n) is 2.21. The van der Waals surface area contributed by atoms with Gasteiger partial charge >= 0.3 is 0 Å². The molecular formula is C11H9BrFNS. The molecule has 2 rings (SSSR count). The number of nitrogens with two attached hydrogens (primary N) is 1. The van der Waals surface area contributed by atoms with E-state index in [-0.39, 0.29) is 11.9 Å². The van der Waals surface area contributed by atoms with Crippen LogP contribution in [0, 0.1) is 5.82 Å². The molecule has 0 fully saturated rings. The fraction of sp³-hybridized carbons (Fsp3) is 0.0909. The van der Waals surface area contributed by atoms with E-state index in [1.54, 1.807) is 17.4 Å². The van der Waals surface area contributed by atoms with Crippen molar-refractivity contribution in [2.24, 2.45) is 5.73 Å². The summed E-state index contributed by atoms with van der Waals surface area (Å²) in [6, 6.07) is 6.67. The Balaban J connectivity index is 2.34. The Labute approximate surface area is 99.9 Å². The molecule has 2 aromatic rings. The maximum Gasteiger partial charge on any atom is 0.137 e. The number of thiophene rings is 1. The lowest BCUT2D eigenvalue weighted by Gasteiger charge is -2.10. The molecule has 0 saturated carbocycles. The fourth-order valence-corrected chi connectivity index (χ4v) is 2.29. The average molecular weight is 286 g/mol. The molecule has 0 aliphatic carbocycles. The third kappa shape index (κ3) is 2.27. The fourth-order valence-electron chi connectivity index (χ4n) is 1.35. The molecule has 0 spiro atoms. The van der Waals surface area contributed by atoms with Crippen LogP contribution in [-0.2, 0) is 0 Å². The van der Waals surface area contributed by atoms with Crippen LogP contribution in [0.25, 0.3) is 0 Å². The number of hydrogen-bond donors (Lipinski definition) is 1. The van der Waals surface area contributed by atoms with Crippen LogP contribution < -0.4 is 5.73 Å². The van der Waals surface area contributed by atoms with E-state index in [1.165, 1.54) is 6.07 Å². The van der Waals surface area contributed by atoms with Crippen LogP contribution in [0.5, 0.6) is 0 Å². The zero-order valence-corrected chi connectivity index (χ0v) is 10.2. The van der Waals surface area contributed by atoms with E-state index >= 15 is 0 Å². The molecule has 0 amide bonds. The van der Waals surface area contributed by atoms with E-state index in [0.717, 1.165) is 11.1 Å². The summed E-state index contributed by atoms with van der Waals surface area (Å²) in [5.74, 6) is -0.279. The normalized spacial score (nSPS) is 12.7. The summed E-state index contributed by atoms with van der Waals surface area (Å²) in [5, 5.41) is 3.94. The average Bonchev–Trinajstić information content (AvgIpc) is 2.74. The van der Waals surface area contributed by atoms with E-state index in [2.05, 4.69) is 15.9 Å². The lowest BCUT2D eigenvalue weighted by atomic mass is 10.0. The van der Waals surface area contributed by atoms with Crippen molar-refractivity contribution in [3.8, 4) is 0 Å². The van der Waals surface area contributed by atoms with Crippen molar-refractivity contribution in [1.29, 1.82) is 0 Å². The summed E-state index contributed by atoms with van der Waals surface area (Å²) in [7, 11) is 0. The standard InChI is InChI=1S/C11H9BrFNS/c12-9-2-1-7(5-10(9)13)11(14)8-3-4-15-6-8/h1-6,11H,14H2/t11-/m0/s1. The van der Waals surface area contributed by atoms with Gasteiger partial charge in [0.1, 0.15) is 5.82 Å². The van der Waals surface area contributed by atoms with Gasteiger partial charge in [-0.05, 0) is 56.0 Å². The van der Waals surface area contributed by atoms with Crippen LogP contribution in [0.3, 0.4) is 0 Å². The van der Waals surface area contributed by atoms with Crippen LogP contribution in [0.4, 0.5) is 4.39 Å². The monoisotopic (exact) mass is 285 g/mol. The van der Waals surface area contributed by atoms with Crippen LogP contribution in [0.2, 0.25) is 0 Å². The van der Waals surface area contributed by atoms with Crippen molar-refractivity contribution in [3.05, 3.63) is 56.4 Å². The summed E-state index contributed by atoms with van der Waals surface area (Å²) in [6.07, 6.45) is 0. The van der Waals surface area contributed by atoms with E-state index in [1.807, 2.05) is 22.9 Å². The first kappa shape index (κ1) is 10.8. The van der Waals surface area contributed by atoms with Crippen molar-refractivity contribution >= 4 is 27.3 Å². The van der Waals surface area contributed by atoms with Crippen molar-refractivity contribution in [1.82, 2.24) is 0 Å². The number of hydrogen-bond acceptors (Lipinski definition) is 2. The SMILES string of the molecule is N[C@H](c1ccsc1)c1ccc(Br)c(F)c1. The molecule has 2 N–H and O–H groups in total. The number of rotatable bonds is 2. The second kappa shape index (κ2) is 4.43. The molecule has 0 aliphatic heterocycles. The van der Waals surface area contributed by atoms with E-state index in [0.29, 0.717) is 4.47 Å². The Morgan fingerprint density at radius 1 is 1.27 bits per heavy atom. The molecule has 0 unspecified atom stereocenters. The van der Waals surface area contributed by atoms with E-state index in [9.17, 15) is 4.39 Å². The Bertz CT molecular complexity index is 456. The minimum absolute atomic E-state index is 0.251. The van der Waals surface area contributed by atoms with Crippen molar-refractivity contribution in [3.63, 3.8) is 0 Å². The molecule has 15 heavy (non-hydrogen) atoms. The van der Waals surface area contributed by atoms with Gasteiger partial charge in [0, 0.05) is 0 Å². The highest BCUT2D eigenvalue weighted by atomic mass is 79.9. The van der Waals surface area contributed by atoms with Crippen LogP contribution in [0.1, 0.15) is 17.2 Å². The lowest BCUT2D eigenvalue weighted by Crippen LogP contribution is -2.10. The minimum Gasteiger partial charge on any atom is -0.320 e. The Kier molecular flexibility index (Phi) is 3.19. The zero-order chi connectivity index (χ0) is 10.8. The topological polar surface area (TPSA) is 26.0 Å².